The molecule has 0 radical (unpaired) electrons. The second-order valence-electron chi connectivity index (χ2n) is 11.7. The SMILES string of the molecule is C=CC(C)(F)F.CCCNC(=O)Cn1c(CC)c(N2CCN(C(=O)c3ncc4c(c3O)CCO4)CC2)c(=O)c(N)c1N=NC1=CCOCC1. The summed E-state index contributed by atoms with van der Waals surface area (Å²) in [7, 11) is 0. The first-order valence-electron chi connectivity index (χ1n) is 16.3. The third kappa shape index (κ3) is 8.99. The predicted octanol–water partition coefficient (Wildman–Crippen LogP) is 3.73. The number of aromatic hydroxyl groups is 1. The van der Waals surface area contributed by atoms with Crippen LogP contribution in [0.3, 0.4) is 0 Å². The molecule has 1 saturated heterocycles. The summed E-state index contributed by atoms with van der Waals surface area (Å²) in [4.78, 5) is 47.6. The number of hydrogen-bond acceptors (Lipinski definition) is 11. The molecule has 0 aromatic carbocycles. The molecule has 4 N–H and O–H groups in total. The number of alkyl halides is 2. The van der Waals surface area contributed by atoms with Gasteiger partial charge in [0.05, 0.1) is 31.7 Å². The zero-order valence-corrected chi connectivity index (χ0v) is 28.1. The molecule has 0 aliphatic carbocycles. The van der Waals surface area contributed by atoms with Crippen LogP contribution >= 0.6 is 0 Å². The number of aromatic nitrogens is 2. The predicted molar refractivity (Wildman–Crippen MR) is 180 cm³/mol. The maximum Gasteiger partial charge on any atom is 0.276 e. The highest BCUT2D eigenvalue weighted by Gasteiger charge is 2.31. The minimum Gasteiger partial charge on any atom is -0.505 e. The molecule has 0 bridgehead atoms. The molecule has 0 spiro atoms. The molecule has 1 fully saturated rings. The molecular formula is C33H44F2N8O6. The third-order valence-corrected chi connectivity index (χ3v) is 8.15. The Balaban J connectivity index is 0.000000827. The highest BCUT2D eigenvalue weighted by Crippen LogP contribution is 2.35. The first kappa shape index (κ1) is 37.0. The van der Waals surface area contributed by atoms with Crippen molar-refractivity contribution in [2.75, 3.05) is 63.2 Å². The van der Waals surface area contributed by atoms with E-state index in [1.165, 1.54) is 6.20 Å². The molecule has 266 valence electrons. The molecule has 3 aliphatic heterocycles. The van der Waals surface area contributed by atoms with Gasteiger partial charge >= 0.3 is 0 Å². The van der Waals surface area contributed by atoms with Gasteiger partial charge < -0.3 is 40.0 Å². The van der Waals surface area contributed by atoms with Crippen LogP contribution in [0.5, 0.6) is 11.5 Å². The molecule has 0 unspecified atom stereocenters. The Labute approximate surface area is 283 Å². The number of allylic oxidation sites excluding steroid dienone is 1. The normalized spacial score (nSPS) is 16.0. The van der Waals surface area contributed by atoms with Crippen LogP contribution in [0.1, 0.15) is 55.4 Å². The monoisotopic (exact) mass is 686 g/mol. The second-order valence-corrected chi connectivity index (χ2v) is 11.7. The van der Waals surface area contributed by atoms with Crippen molar-refractivity contribution >= 4 is 29.0 Å². The molecule has 2 aromatic heterocycles. The van der Waals surface area contributed by atoms with Crippen LogP contribution in [0.15, 0.2) is 45.6 Å². The molecule has 0 atom stereocenters. The number of nitrogen functional groups attached to an aromatic ring is 1. The van der Waals surface area contributed by atoms with Crippen LogP contribution in [0.4, 0.5) is 26.0 Å². The van der Waals surface area contributed by atoms with Crippen LogP contribution in [0.25, 0.3) is 0 Å². The van der Waals surface area contributed by atoms with E-state index in [0.29, 0.717) is 101 Å². The van der Waals surface area contributed by atoms with E-state index in [2.05, 4.69) is 27.1 Å². The van der Waals surface area contributed by atoms with Gasteiger partial charge in [0.25, 0.3) is 11.8 Å². The first-order valence-corrected chi connectivity index (χ1v) is 16.3. The molecular weight excluding hydrogens is 642 g/mol. The topological polar surface area (TPSA) is 177 Å². The lowest BCUT2D eigenvalue weighted by atomic mass is 10.1. The van der Waals surface area contributed by atoms with Crippen LogP contribution in [-0.2, 0) is 28.9 Å². The van der Waals surface area contributed by atoms with E-state index < -0.39 is 11.4 Å². The summed E-state index contributed by atoms with van der Waals surface area (Å²) in [6.07, 6.45) is 6.20. The lowest BCUT2D eigenvalue weighted by Crippen LogP contribution is -2.50. The summed E-state index contributed by atoms with van der Waals surface area (Å²) in [6.45, 7) is 10.7. The smallest absolute Gasteiger partial charge is 0.276 e. The van der Waals surface area contributed by atoms with Gasteiger partial charge in [0, 0.05) is 63.7 Å². The lowest BCUT2D eigenvalue weighted by molar-refractivity contribution is -0.121. The molecule has 3 aliphatic rings. The molecule has 2 aromatic rings. The molecule has 2 amide bonds. The maximum absolute atomic E-state index is 13.8. The molecule has 16 heteroatoms. The van der Waals surface area contributed by atoms with Crippen molar-refractivity contribution in [1.82, 2.24) is 19.8 Å². The lowest BCUT2D eigenvalue weighted by Gasteiger charge is -2.37. The minimum absolute atomic E-state index is 0.00834. The number of nitrogens with one attached hydrogen (secondary N) is 1. The van der Waals surface area contributed by atoms with Crippen molar-refractivity contribution in [2.24, 2.45) is 10.2 Å². The fourth-order valence-corrected chi connectivity index (χ4v) is 5.50. The minimum atomic E-state index is -2.69. The van der Waals surface area contributed by atoms with Gasteiger partial charge in [0.2, 0.25) is 11.3 Å². The molecule has 5 rings (SSSR count). The summed E-state index contributed by atoms with van der Waals surface area (Å²) < 4.78 is 35.1. The summed E-state index contributed by atoms with van der Waals surface area (Å²) >= 11 is 0. The van der Waals surface area contributed by atoms with Crippen LogP contribution in [0, 0.1) is 0 Å². The van der Waals surface area contributed by atoms with Crippen LogP contribution < -0.4 is 26.1 Å². The molecule has 14 nitrogen and oxygen atoms in total. The number of carbonyl (C=O) groups is 2. The number of carbonyl (C=O) groups excluding carboxylic acids is 2. The third-order valence-electron chi connectivity index (χ3n) is 8.15. The Bertz CT molecular complexity index is 1660. The molecule has 49 heavy (non-hydrogen) atoms. The van der Waals surface area contributed by atoms with Gasteiger partial charge in [-0.05, 0) is 25.0 Å². The van der Waals surface area contributed by atoms with Crippen molar-refractivity contribution in [3.8, 4) is 11.5 Å². The van der Waals surface area contributed by atoms with Crippen molar-refractivity contribution in [2.45, 2.75) is 58.9 Å². The van der Waals surface area contributed by atoms with Gasteiger partial charge in [-0.25, -0.2) is 13.8 Å². The molecule has 0 saturated carbocycles. The number of amides is 2. The highest BCUT2D eigenvalue weighted by molar-refractivity contribution is 5.95. The number of nitrogens with zero attached hydrogens (tertiary/aromatic N) is 6. The zero-order valence-electron chi connectivity index (χ0n) is 28.1. The number of anilines is 2. The number of fused-ring (bicyclic) bond motifs is 1. The number of rotatable bonds is 10. The van der Waals surface area contributed by atoms with Crippen LogP contribution in [-0.4, -0.2) is 89.8 Å². The number of pyridine rings is 2. The number of azo groups is 1. The number of nitrogens with two attached hydrogens (primary N) is 1. The second kappa shape index (κ2) is 16.5. The zero-order chi connectivity index (χ0) is 35.7. The van der Waals surface area contributed by atoms with Crippen molar-refractivity contribution in [1.29, 1.82) is 0 Å². The Morgan fingerprint density at radius 3 is 2.51 bits per heavy atom. The van der Waals surface area contributed by atoms with Gasteiger partial charge in [0.1, 0.15) is 23.7 Å². The van der Waals surface area contributed by atoms with Crippen LogP contribution in [0.2, 0.25) is 0 Å². The summed E-state index contributed by atoms with van der Waals surface area (Å²) in [6, 6.07) is 0. The van der Waals surface area contributed by atoms with E-state index in [9.17, 15) is 28.3 Å². The summed E-state index contributed by atoms with van der Waals surface area (Å²) in [5.41, 5.74) is 8.23. The Kier molecular flexibility index (Phi) is 12.4. The van der Waals surface area contributed by atoms with E-state index in [-0.39, 0.29) is 41.3 Å². The Morgan fingerprint density at radius 1 is 1.18 bits per heavy atom. The van der Waals surface area contributed by atoms with E-state index in [1.807, 2.05) is 24.8 Å². The van der Waals surface area contributed by atoms with E-state index in [4.69, 9.17) is 15.2 Å². The first-order chi connectivity index (χ1) is 23.4. The van der Waals surface area contributed by atoms with Gasteiger partial charge in [-0.3, -0.25) is 14.4 Å². The van der Waals surface area contributed by atoms with E-state index in [1.54, 1.807) is 9.47 Å². The summed E-state index contributed by atoms with van der Waals surface area (Å²) in [5, 5.41) is 22.2. The van der Waals surface area contributed by atoms with Gasteiger partial charge in [-0.2, -0.15) is 5.11 Å². The number of piperazine rings is 1. The highest BCUT2D eigenvalue weighted by atomic mass is 19.3. The van der Waals surface area contributed by atoms with Crippen molar-refractivity contribution < 1.29 is 33.0 Å². The van der Waals surface area contributed by atoms with Gasteiger partial charge in [-0.15, -0.1) is 5.11 Å². The maximum atomic E-state index is 13.8. The average Bonchev–Trinajstić information content (AvgIpc) is 3.59. The Morgan fingerprint density at radius 2 is 1.90 bits per heavy atom. The standard InChI is InChI=1S/C29H38N8O6.C4H6F2/c1-3-8-31-22(38)17-37-20(4-2)25(27(40)23(30)28(37)34-33-18-5-13-42-14-6-18)35-9-11-36(12-10-35)29(41)24-26(39)19-7-15-43-21(19)16-32-24;1-3-4(2,5)6/h5,16,39H,3-4,6-15,17,30H2,1-2H3,(H,31,38);3H,1H2,2H3. The number of halogens is 2. The number of ether oxygens (including phenoxy) is 2. The average molecular weight is 687 g/mol. The fraction of sp³-hybridized carbons (Fsp3) is 0.515. The van der Waals surface area contributed by atoms with Crippen molar-refractivity contribution in [3.05, 3.63) is 57.8 Å². The van der Waals surface area contributed by atoms with E-state index >= 15 is 0 Å². The summed E-state index contributed by atoms with van der Waals surface area (Å²) in [5.74, 6) is -2.81. The Hall–Kier alpha value is -4.86. The van der Waals surface area contributed by atoms with Crippen molar-refractivity contribution in [3.63, 3.8) is 0 Å². The number of hydrogen-bond donors (Lipinski definition) is 3. The van der Waals surface area contributed by atoms with E-state index in [0.717, 1.165) is 19.0 Å². The largest absolute Gasteiger partial charge is 0.505 e. The fourth-order valence-electron chi connectivity index (χ4n) is 5.50. The van der Waals surface area contributed by atoms with Gasteiger partial charge in [-0.1, -0.05) is 20.4 Å². The molecule has 5 heterocycles. The quantitative estimate of drug-likeness (QED) is 0.248. The van der Waals surface area contributed by atoms with Gasteiger partial charge in [0.15, 0.2) is 17.3 Å².